The van der Waals surface area contributed by atoms with Crippen LogP contribution in [0.25, 0.3) is 11.0 Å². The van der Waals surface area contributed by atoms with Gasteiger partial charge in [0.25, 0.3) is 11.5 Å². The van der Waals surface area contributed by atoms with Gasteiger partial charge in [0.15, 0.2) is 0 Å². The van der Waals surface area contributed by atoms with Crippen molar-refractivity contribution in [3.8, 4) is 5.75 Å². The molecule has 0 aliphatic carbocycles. The number of ether oxygens (including phenoxy) is 1. The van der Waals surface area contributed by atoms with Crippen LogP contribution in [-0.2, 0) is 6.54 Å². The van der Waals surface area contributed by atoms with Crippen LogP contribution in [0.2, 0.25) is 0 Å². The summed E-state index contributed by atoms with van der Waals surface area (Å²) in [6.45, 7) is 1.73. The maximum atomic E-state index is 12.9. The Morgan fingerprint density at radius 2 is 2.03 bits per heavy atom. The molecule has 9 heteroatoms. The van der Waals surface area contributed by atoms with Crippen molar-refractivity contribution < 1.29 is 13.9 Å². The number of para-hydroxylation sites is 2. The zero-order valence-electron chi connectivity index (χ0n) is 16.3. The first-order chi connectivity index (χ1) is 14.5. The molecule has 2 N–H and O–H groups in total. The van der Waals surface area contributed by atoms with E-state index in [4.69, 9.17) is 9.15 Å². The number of aryl methyl sites for hydroxylation is 1. The molecule has 0 radical (unpaired) electrons. The Balaban J connectivity index is 1.79. The lowest BCUT2D eigenvalue weighted by molar-refractivity contribution is 0.102. The molecule has 0 spiro atoms. The summed E-state index contributed by atoms with van der Waals surface area (Å²) in [5.41, 5.74) is 0.00874. The van der Waals surface area contributed by atoms with Gasteiger partial charge in [0.1, 0.15) is 17.2 Å². The maximum absolute atomic E-state index is 12.9. The number of carbonyl (C=O) groups excluding carboxylic acids is 1. The smallest absolute Gasteiger partial charge is 0.330 e. The standard InChI is InChI=1S/C21H18N4O5/c1-12-14(19(26)23-16-7-3-4-8-17(16)29-2)10-15-18(22-12)25(21(28)24-20(15)27)11-13-6-5-9-30-13/h3-10H,11H2,1-2H3,(H,23,26)(H,24,27,28). The largest absolute Gasteiger partial charge is 0.495 e. The van der Waals surface area contributed by atoms with Crippen molar-refractivity contribution in [3.63, 3.8) is 0 Å². The number of aromatic amines is 1. The number of furan rings is 1. The Labute approximate surface area is 169 Å². The van der Waals surface area contributed by atoms with Crippen LogP contribution < -0.4 is 21.3 Å². The average Bonchev–Trinajstić information content (AvgIpc) is 3.24. The zero-order chi connectivity index (χ0) is 21.3. The zero-order valence-corrected chi connectivity index (χ0v) is 16.3. The van der Waals surface area contributed by atoms with Crippen molar-refractivity contribution >= 4 is 22.6 Å². The highest BCUT2D eigenvalue weighted by Crippen LogP contribution is 2.24. The number of carbonyl (C=O) groups is 1. The van der Waals surface area contributed by atoms with Gasteiger partial charge in [0.05, 0.1) is 42.2 Å². The number of H-pyrrole nitrogens is 1. The molecule has 0 fully saturated rings. The highest BCUT2D eigenvalue weighted by atomic mass is 16.5. The monoisotopic (exact) mass is 406 g/mol. The Bertz CT molecular complexity index is 1350. The summed E-state index contributed by atoms with van der Waals surface area (Å²) < 4.78 is 11.8. The van der Waals surface area contributed by atoms with E-state index in [-0.39, 0.29) is 23.1 Å². The second-order valence-electron chi connectivity index (χ2n) is 6.57. The fraction of sp³-hybridized carbons (Fsp3) is 0.143. The van der Waals surface area contributed by atoms with Crippen LogP contribution in [0.1, 0.15) is 21.8 Å². The van der Waals surface area contributed by atoms with Crippen LogP contribution in [0.5, 0.6) is 5.75 Å². The van der Waals surface area contributed by atoms with Gasteiger partial charge in [0.2, 0.25) is 0 Å². The summed E-state index contributed by atoms with van der Waals surface area (Å²) in [4.78, 5) is 44.3. The Morgan fingerprint density at radius 1 is 1.23 bits per heavy atom. The van der Waals surface area contributed by atoms with Gasteiger partial charge in [-0.05, 0) is 37.3 Å². The van der Waals surface area contributed by atoms with Crippen LogP contribution >= 0.6 is 0 Å². The first-order valence-corrected chi connectivity index (χ1v) is 9.09. The number of hydrogen-bond donors (Lipinski definition) is 2. The van der Waals surface area contributed by atoms with Gasteiger partial charge in [-0.3, -0.25) is 19.1 Å². The molecule has 0 aliphatic heterocycles. The number of hydrogen-bond acceptors (Lipinski definition) is 6. The second-order valence-corrected chi connectivity index (χ2v) is 6.57. The predicted octanol–water partition coefficient (Wildman–Crippen LogP) is 2.30. The molecular formula is C21H18N4O5. The van der Waals surface area contributed by atoms with E-state index in [2.05, 4.69) is 15.3 Å². The topological polar surface area (TPSA) is 119 Å². The molecule has 0 bridgehead atoms. The number of aromatic nitrogens is 3. The molecule has 0 atom stereocenters. The van der Waals surface area contributed by atoms with Gasteiger partial charge in [-0.2, -0.15) is 0 Å². The van der Waals surface area contributed by atoms with E-state index < -0.39 is 17.2 Å². The van der Waals surface area contributed by atoms with Crippen molar-refractivity contribution in [2.75, 3.05) is 12.4 Å². The number of anilines is 1. The van der Waals surface area contributed by atoms with E-state index in [1.165, 1.54) is 24.0 Å². The minimum atomic E-state index is -0.621. The molecule has 3 heterocycles. The van der Waals surface area contributed by atoms with Crippen molar-refractivity contribution in [1.82, 2.24) is 14.5 Å². The quantitative estimate of drug-likeness (QED) is 0.525. The number of nitrogens with zero attached hydrogens (tertiary/aromatic N) is 2. The number of rotatable bonds is 5. The minimum Gasteiger partial charge on any atom is -0.495 e. The lowest BCUT2D eigenvalue weighted by Gasteiger charge is -2.13. The van der Waals surface area contributed by atoms with Gasteiger partial charge < -0.3 is 14.5 Å². The highest BCUT2D eigenvalue weighted by Gasteiger charge is 2.18. The summed E-state index contributed by atoms with van der Waals surface area (Å²) in [6.07, 6.45) is 1.49. The average molecular weight is 406 g/mol. The van der Waals surface area contributed by atoms with E-state index in [1.54, 1.807) is 43.3 Å². The number of nitrogens with one attached hydrogen (secondary N) is 2. The van der Waals surface area contributed by atoms with Gasteiger partial charge in [0, 0.05) is 0 Å². The Morgan fingerprint density at radius 3 is 2.77 bits per heavy atom. The van der Waals surface area contributed by atoms with Crippen molar-refractivity contribution in [1.29, 1.82) is 0 Å². The van der Waals surface area contributed by atoms with E-state index in [0.29, 0.717) is 22.9 Å². The molecule has 4 rings (SSSR count). The van der Waals surface area contributed by atoms with Gasteiger partial charge >= 0.3 is 5.69 Å². The van der Waals surface area contributed by atoms with Crippen LogP contribution in [-0.4, -0.2) is 27.6 Å². The van der Waals surface area contributed by atoms with Gasteiger partial charge in [-0.25, -0.2) is 9.78 Å². The molecule has 0 saturated carbocycles. The molecule has 0 aliphatic rings. The summed E-state index contributed by atoms with van der Waals surface area (Å²) in [7, 11) is 1.51. The lowest BCUT2D eigenvalue weighted by atomic mass is 10.1. The first kappa shape index (κ1) is 19.2. The van der Waals surface area contributed by atoms with Gasteiger partial charge in [-0.15, -0.1) is 0 Å². The molecule has 9 nitrogen and oxygen atoms in total. The number of benzene rings is 1. The Kier molecular flexibility index (Phi) is 4.93. The maximum Gasteiger partial charge on any atom is 0.330 e. The molecule has 0 unspecified atom stereocenters. The molecule has 1 amide bonds. The molecule has 3 aromatic heterocycles. The molecule has 152 valence electrons. The van der Waals surface area contributed by atoms with Gasteiger partial charge in [-0.1, -0.05) is 12.1 Å². The molecule has 4 aromatic rings. The molecular weight excluding hydrogens is 388 g/mol. The molecule has 30 heavy (non-hydrogen) atoms. The second kappa shape index (κ2) is 7.70. The van der Waals surface area contributed by atoms with Crippen molar-refractivity contribution in [2.24, 2.45) is 0 Å². The number of amides is 1. The lowest BCUT2D eigenvalue weighted by Crippen LogP contribution is -2.31. The summed E-state index contributed by atoms with van der Waals surface area (Å²) in [6, 6.07) is 11.8. The number of pyridine rings is 1. The summed E-state index contributed by atoms with van der Waals surface area (Å²) in [5, 5.41) is 2.89. The van der Waals surface area contributed by atoms with Crippen LogP contribution in [0, 0.1) is 6.92 Å². The normalized spacial score (nSPS) is 10.9. The summed E-state index contributed by atoms with van der Waals surface area (Å²) >= 11 is 0. The van der Waals surface area contributed by atoms with Crippen LogP contribution in [0.4, 0.5) is 5.69 Å². The first-order valence-electron chi connectivity index (χ1n) is 9.09. The molecule has 0 saturated heterocycles. The summed E-state index contributed by atoms with van der Waals surface area (Å²) in [5.74, 6) is 0.583. The molecule has 1 aromatic carbocycles. The fourth-order valence-electron chi connectivity index (χ4n) is 3.17. The highest BCUT2D eigenvalue weighted by molar-refractivity contribution is 6.07. The fourth-order valence-corrected chi connectivity index (χ4v) is 3.17. The third kappa shape index (κ3) is 3.48. The number of methoxy groups -OCH3 is 1. The SMILES string of the molecule is COc1ccccc1NC(=O)c1cc2c(=O)[nH]c(=O)n(Cc3ccco3)c2nc1C. The third-order valence-electron chi connectivity index (χ3n) is 4.65. The minimum absolute atomic E-state index is 0.0955. The van der Waals surface area contributed by atoms with E-state index in [1.807, 2.05) is 0 Å². The van der Waals surface area contributed by atoms with Crippen molar-refractivity contribution in [3.05, 3.63) is 86.6 Å². The number of fused-ring (bicyclic) bond motifs is 1. The van der Waals surface area contributed by atoms with Crippen molar-refractivity contribution in [2.45, 2.75) is 13.5 Å². The van der Waals surface area contributed by atoms with E-state index in [0.717, 1.165) is 0 Å². The Hall–Kier alpha value is -4.14. The van der Waals surface area contributed by atoms with E-state index in [9.17, 15) is 14.4 Å². The van der Waals surface area contributed by atoms with E-state index >= 15 is 0 Å². The third-order valence-corrected chi connectivity index (χ3v) is 4.65. The van der Waals surface area contributed by atoms with Crippen LogP contribution in [0.15, 0.2) is 62.7 Å². The van der Waals surface area contributed by atoms with Crippen LogP contribution in [0.3, 0.4) is 0 Å². The predicted molar refractivity (Wildman–Crippen MR) is 110 cm³/mol.